The average Bonchev–Trinajstić information content (AvgIpc) is 2.78. The summed E-state index contributed by atoms with van der Waals surface area (Å²) in [5.41, 5.74) is 2.52. The van der Waals surface area contributed by atoms with E-state index in [0.717, 1.165) is 43.2 Å². The predicted octanol–water partition coefficient (Wildman–Crippen LogP) is 3.83. The summed E-state index contributed by atoms with van der Waals surface area (Å²) in [6, 6.07) is 11.8. The van der Waals surface area contributed by atoms with E-state index in [1.54, 1.807) is 31.0 Å². The Kier molecular flexibility index (Phi) is 4.71. The van der Waals surface area contributed by atoms with Crippen molar-refractivity contribution in [3.63, 3.8) is 0 Å². The minimum Gasteiger partial charge on any atom is -0.497 e. The van der Waals surface area contributed by atoms with Gasteiger partial charge in [0.1, 0.15) is 11.6 Å². The molecule has 3 nitrogen and oxygen atoms in total. The molecule has 0 N–H and O–H groups in total. The number of methoxy groups -OCH3 is 1. The summed E-state index contributed by atoms with van der Waals surface area (Å²) in [5.74, 6) is 0.718. The molecule has 0 saturated carbocycles. The molecule has 2 heterocycles. The molecule has 0 amide bonds. The number of rotatable bonds is 2. The molecule has 1 atom stereocenters. The van der Waals surface area contributed by atoms with Crippen LogP contribution in [0.4, 0.5) is 4.39 Å². The average molecular weight is 358 g/mol. The molecular weight excluding hydrogens is 335 g/mol. The molecule has 2 aromatic carbocycles. The first-order valence-corrected chi connectivity index (χ1v) is 9.52. The minimum absolute atomic E-state index is 0.167. The summed E-state index contributed by atoms with van der Waals surface area (Å²) >= 11 is 1.67. The monoisotopic (exact) mass is 358 g/mol. The summed E-state index contributed by atoms with van der Waals surface area (Å²) in [6.07, 6.45) is 0.909. The second-order valence-corrected chi connectivity index (χ2v) is 7.90. The maximum Gasteiger partial charge on any atom is 0.124 e. The van der Waals surface area contributed by atoms with Crippen LogP contribution in [0.1, 0.15) is 17.2 Å². The van der Waals surface area contributed by atoms with Crippen molar-refractivity contribution in [1.82, 2.24) is 9.80 Å². The van der Waals surface area contributed by atoms with Crippen LogP contribution < -0.4 is 4.74 Å². The zero-order chi connectivity index (χ0) is 17.4. The molecule has 0 spiro atoms. The number of benzene rings is 2. The lowest BCUT2D eigenvalue weighted by Gasteiger charge is -2.38. The van der Waals surface area contributed by atoms with Gasteiger partial charge < -0.3 is 9.64 Å². The van der Waals surface area contributed by atoms with Gasteiger partial charge in [-0.25, -0.2) is 4.39 Å². The molecule has 0 bridgehead atoms. The number of likely N-dealkylation sites (N-methyl/N-ethyl adjacent to an activating group) is 1. The van der Waals surface area contributed by atoms with Gasteiger partial charge in [-0.2, -0.15) is 0 Å². The summed E-state index contributed by atoms with van der Waals surface area (Å²) in [6.45, 7) is 4.27. The second kappa shape index (κ2) is 6.98. The molecule has 4 rings (SSSR count). The molecule has 2 aromatic rings. The van der Waals surface area contributed by atoms with Crippen LogP contribution in [0.25, 0.3) is 0 Å². The number of ether oxygens (including phenoxy) is 1. The van der Waals surface area contributed by atoms with E-state index < -0.39 is 0 Å². The van der Waals surface area contributed by atoms with E-state index in [1.807, 2.05) is 12.1 Å². The summed E-state index contributed by atoms with van der Waals surface area (Å²) < 4.78 is 19.2. The fourth-order valence-corrected chi connectivity index (χ4v) is 4.83. The van der Waals surface area contributed by atoms with E-state index in [0.29, 0.717) is 6.04 Å². The SMILES string of the molecule is COc1ccc2c(c1)[C@@H](N1CCN(C)CC1)Cc1ccc(F)cc1S2. The predicted molar refractivity (Wildman–Crippen MR) is 99.0 cm³/mol. The van der Waals surface area contributed by atoms with E-state index in [4.69, 9.17) is 4.74 Å². The topological polar surface area (TPSA) is 15.7 Å². The van der Waals surface area contributed by atoms with E-state index in [-0.39, 0.29) is 5.82 Å². The molecular formula is C20H23FN2OS. The third-order valence-electron chi connectivity index (χ3n) is 5.22. The molecule has 132 valence electrons. The standard InChI is InChI=1S/C20H23FN2OS/c1-22-7-9-23(10-8-22)18-11-14-3-4-15(21)12-20(14)25-19-6-5-16(24-2)13-17(18)19/h3-6,12-13,18H,7-11H2,1-2H3/t18-/m0/s1. The highest BCUT2D eigenvalue weighted by Crippen LogP contribution is 2.44. The Morgan fingerprint density at radius 3 is 2.60 bits per heavy atom. The Morgan fingerprint density at radius 2 is 1.84 bits per heavy atom. The quantitative estimate of drug-likeness (QED) is 0.810. The van der Waals surface area contributed by atoms with Crippen molar-refractivity contribution in [2.75, 3.05) is 40.3 Å². The zero-order valence-corrected chi connectivity index (χ0v) is 15.5. The molecule has 1 fully saturated rings. The number of hydrogen-bond donors (Lipinski definition) is 0. The van der Waals surface area contributed by atoms with Gasteiger partial charge in [-0.3, -0.25) is 4.90 Å². The first-order chi connectivity index (χ1) is 12.1. The number of nitrogens with zero attached hydrogens (tertiary/aromatic N) is 2. The van der Waals surface area contributed by atoms with E-state index in [9.17, 15) is 4.39 Å². The number of hydrogen-bond acceptors (Lipinski definition) is 4. The van der Waals surface area contributed by atoms with Gasteiger partial charge in [0.15, 0.2) is 0 Å². The molecule has 0 aromatic heterocycles. The Bertz CT molecular complexity index is 774. The van der Waals surface area contributed by atoms with Crippen LogP contribution in [0.15, 0.2) is 46.2 Å². The number of piperazine rings is 1. The maximum absolute atomic E-state index is 13.8. The van der Waals surface area contributed by atoms with E-state index in [1.165, 1.54) is 16.0 Å². The first-order valence-electron chi connectivity index (χ1n) is 8.71. The fraction of sp³-hybridized carbons (Fsp3) is 0.400. The van der Waals surface area contributed by atoms with Gasteiger partial charge >= 0.3 is 0 Å². The Hall–Kier alpha value is -1.56. The van der Waals surface area contributed by atoms with Crippen molar-refractivity contribution in [2.24, 2.45) is 0 Å². The van der Waals surface area contributed by atoms with Crippen LogP contribution >= 0.6 is 11.8 Å². The van der Waals surface area contributed by atoms with Gasteiger partial charge in [0, 0.05) is 42.0 Å². The van der Waals surface area contributed by atoms with Crippen molar-refractivity contribution in [3.8, 4) is 5.75 Å². The van der Waals surface area contributed by atoms with Gasteiger partial charge in [0.2, 0.25) is 0 Å². The molecule has 2 aliphatic heterocycles. The Balaban J connectivity index is 1.77. The molecule has 5 heteroatoms. The highest BCUT2D eigenvalue weighted by molar-refractivity contribution is 7.99. The third-order valence-corrected chi connectivity index (χ3v) is 6.41. The molecule has 0 unspecified atom stereocenters. The van der Waals surface area contributed by atoms with Gasteiger partial charge in [0.25, 0.3) is 0 Å². The van der Waals surface area contributed by atoms with Crippen LogP contribution in [-0.2, 0) is 6.42 Å². The van der Waals surface area contributed by atoms with Gasteiger partial charge in [-0.1, -0.05) is 17.8 Å². The van der Waals surface area contributed by atoms with Crippen LogP contribution in [0.3, 0.4) is 0 Å². The smallest absolute Gasteiger partial charge is 0.124 e. The van der Waals surface area contributed by atoms with Gasteiger partial charge in [-0.15, -0.1) is 0 Å². The van der Waals surface area contributed by atoms with Crippen LogP contribution in [0.2, 0.25) is 0 Å². The Labute approximate surface area is 152 Å². The van der Waals surface area contributed by atoms with Crippen molar-refractivity contribution in [3.05, 3.63) is 53.3 Å². The van der Waals surface area contributed by atoms with Crippen molar-refractivity contribution in [2.45, 2.75) is 22.3 Å². The highest BCUT2D eigenvalue weighted by Gasteiger charge is 2.29. The summed E-state index contributed by atoms with van der Waals surface area (Å²) in [4.78, 5) is 7.17. The molecule has 0 radical (unpaired) electrons. The number of halogens is 1. The molecule has 1 saturated heterocycles. The largest absolute Gasteiger partial charge is 0.497 e. The van der Waals surface area contributed by atoms with Gasteiger partial charge in [-0.05, 0) is 54.9 Å². The molecule has 2 aliphatic rings. The summed E-state index contributed by atoms with van der Waals surface area (Å²) in [7, 11) is 3.88. The molecule has 0 aliphatic carbocycles. The zero-order valence-electron chi connectivity index (χ0n) is 14.7. The van der Waals surface area contributed by atoms with Crippen LogP contribution in [0.5, 0.6) is 5.75 Å². The van der Waals surface area contributed by atoms with Gasteiger partial charge in [0.05, 0.1) is 7.11 Å². The minimum atomic E-state index is -0.167. The van der Waals surface area contributed by atoms with Crippen molar-refractivity contribution in [1.29, 1.82) is 0 Å². The normalized spacial score (nSPS) is 21.3. The van der Waals surface area contributed by atoms with Crippen molar-refractivity contribution < 1.29 is 9.13 Å². The third kappa shape index (κ3) is 3.41. The van der Waals surface area contributed by atoms with E-state index in [2.05, 4.69) is 29.0 Å². The summed E-state index contributed by atoms with van der Waals surface area (Å²) in [5, 5.41) is 0. The van der Waals surface area contributed by atoms with Crippen molar-refractivity contribution >= 4 is 11.8 Å². The lowest BCUT2D eigenvalue weighted by Crippen LogP contribution is -2.46. The van der Waals surface area contributed by atoms with Crippen LogP contribution in [-0.4, -0.2) is 50.1 Å². The lowest BCUT2D eigenvalue weighted by atomic mass is 9.96. The first kappa shape index (κ1) is 16.9. The lowest BCUT2D eigenvalue weighted by molar-refractivity contribution is 0.109. The number of fused-ring (bicyclic) bond motifs is 2. The second-order valence-electron chi connectivity index (χ2n) is 6.82. The van der Waals surface area contributed by atoms with Crippen LogP contribution in [0, 0.1) is 5.82 Å². The molecule has 25 heavy (non-hydrogen) atoms. The Morgan fingerprint density at radius 1 is 1.04 bits per heavy atom. The fourth-order valence-electron chi connectivity index (χ4n) is 3.70. The van der Waals surface area contributed by atoms with E-state index >= 15 is 0 Å². The highest BCUT2D eigenvalue weighted by atomic mass is 32.2. The maximum atomic E-state index is 13.8.